The SMILES string of the molecule is COCC1(CNC(=O)N2CC(C)CC(C(=O)O)C2)CCCCC1. The number of carbonyl (C=O) groups is 2. The molecular weight excluding hydrogens is 296 g/mol. The molecule has 23 heavy (non-hydrogen) atoms. The average molecular weight is 326 g/mol. The van der Waals surface area contributed by atoms with Gasteiger partial charge in [0.1, 0.15) is 0 Å². The van der Waals surface area contributed by atoms with Crippen molar-refractivity contribution in [1.29, 1.82) is 0 Å². The van der Waals surface area contributed by atoms with Crippen molar-refractivity contribution in [2.45, 2.75) is 45.4 Å². The standard InChI is InChI=1S/C17H30N2O4/c1-13-8-14(15(20)21)10-19(9-13)16(22)18-11-17(12-23-2)6-4-3-5-7-17/h13-14H,3-12H2,1-2H3,(H,18,22)(H,20,21). The van der Waals surface area contributed by atoms with E-state index in [-0.39, 0.29) is 17.4 Å². The molecule has 0 radical (unpaired) electrons. The molecule has 1 saturated carbocycles. The number of hydrogen-bond acceptors (Lipinski definition) is 3. The highest BCUT2D eigenvalue weighted by Crippen LogP contribution is 2.36. The monoisotopic (exact) mass is 326 g/mol. The fraction of sp³-hybridized carbons (Fsp3) is 0.882. The Kier molecular flexibility index (Phi) is 6.27. The smallest absolute Gasteiger partial charge is 0.317 e. The Morgan fingerprint density at radius 2 is 1.96 bits per heavy atom. The van der Waals surface area contributed by atoms with Crippen LogP contribution in [0, 0.1) is 17.3 Å². The lowest BCUT2D eigenvalue weighted by Gasteiger charge is -2.39. The minimum atomic E-state index is -0.808. The lowest BCUT2D eigenvalue weighted by atomic mass is 9.74. The first kappa shape index (κ1) is 18.0. The van der Waals surface area contributed by atoms with E-state index in [1.54, 1.807) is 12.0 Å². The highest BCUT2D eigenvalue weighted by Gasteiger charge is 2.35. The summed E-state index contributed by atoms with van der Waals surface area (Å²) >= 11 is 0. The Morgan fingerprint density at radius 3 is 2.57 bits per heavy atom. The van der Waals surface area contributed by atoms with Crippen LogP contribution in [0.5, 0.6) is 0 Å². The zero-order valence-electron chi connectivity index (χ0n) is 14.3. The maximum Gasteiger partial charge on any atom is 0.317 e. The maximum atomic E-state index is 12.5. The normalized spacial score (nSPS) is 27.5. The highest BCUT2D eigenvalue weighted by molar-refractivity contribution is 5.76. The summed E-state index contributed by atoms with van der Waals surface area (Å²) in [7, 11) is 1.71. The van der Waals surface area contributed by atoms with Crippen molar-refractivity contribution in [2.24, 2.45) is 17.3 Å². The van der Waals surface area contributed by atoms with Gasteiger partial charge in [-0.15, -0.1) is 0 Å². The van der Waals surface area contributed by atoms with E-state index in [0.717, 1.165) is 12.8 Å². The van der Waals surface area contributed by atoms with Crippen molar-refractivity contribution < 1.29 is 19.4 Å². The van der Waals surface area contributed by atoms with Crippen LogP contribution in [-0.4, -0.2) is 55.4 Å². The van der Waals surface area contributed by atoms with Gasteiger partial charge in [0, 0.05) is 32.2 Å². The second-order valence-electron chi connectivity index (χ2n) is 7.43. The van der Waals surface area contributed by atoms with Crippen molar-refractivity contribution in [3.8, 4) is 0 Å². The number of carboxylic acids is 1. The number of carbonyl (C=O) groups excluding carboxylic acids is 1. The third-order valence-electron chi connectivity index (χ3n) is 5.28. The van der Waals surface area contributed by atoms with E-state index < -0.39 is 11.9 Å². The van der Waals surface area contributed by atoms with Gasteiger partial charge >= 0.3 is 12.0 Å². The number of piperidine rings is 1. The first-order valence-electron chi connectivity index (χ1n) is 8.70. The molecule has 0 spiro atoms. The van der Waals surface area contributed by atoms with Gasteiger partial charge in [-0.2, -0.15) is 0 Å². The fourth-order valence-corrected chi connectivity index (χ4v) is 4.05. The first-order valence-corrected chi connectivity index (χ1v) is 8.70. The van der Waals surface area contributed by atoms with E-state index in [2.05, 4.69) is 5.32 Å². The number of hydrogen-bond donors (Lipinski definition) is 2. The Balaban J connectivity index is 1.91. The van der Waals surface area contributed by atoms with Crippen LogP contribution in [0.4, 0.5) is 4.79 Å². The highest BCUT2D eigenvalue weighted by atomic mass is 16.5. The van der Waals surface area contributed by atoms with Crippen LogP contribution in [0.1, 0.15) is 45.4 Å². The summed E-state index contributed by atoms with van der Waals surface area (Å²) in [5.41, 5.74) is 0.0380. The largest absolute Gasteiger partial charge is 0.481 e. The molecule has 2 rings (SSSR count). The molecule has 1 heterocycles. The van der Waals surface area contributed by atoms with Gasteiger partial charge in [0.2, 0.25) is 0 Å². The van der Waals surface area contributed by atoms with E-state index in [9.17, 15) is 14.7 Å². The van der Waals surface area contributed by atoms with Crippen molar-refractivity contribution in [2.75, 3.05) is 33.4 Å². The van der Waals surface area contributed by atoms with Crippen molar-refractivity contribution >= 4 is 12.0 Å². The maximum absolute atomic E-state index is 12.5. The zero-order chi connectivity index (χ0) is 16.9. The van der Waals surface area contributed by atoms with E-state index in [1.807, 2.05) is 6.92 Å². The first-order chi connectivity index (χ1) is 11.0. The van der Waals surface area contributed by atoms with E-state index in [4.69, 9.17) is 4.74 Å². The number of amides is 2. The number of carboxylic acid groups (broad SMARTS) is 1. The molecule has 2 aliphatic rings. The Bertz CT molecular complexity index is 415. The molecule has 0 bridgehead atoms. The summed E-state index contributed by atoms with van der Waals surface area (Å²) in [4.78, 5) is 25.4. The number of methoxy groups -OCH3 is 1. The fourth-order valence-electron chi connectivity index (χ4n) is 4.05. The van der Waals surface area contributed by atoms with Crippen LogP contribution in [0.15, 0.2) is 0 Å². The van der Waals surface area contributed by atoms with Crippen LogP contribution >= 0.6 is 0 Å². The van der Waals surface area contributed by atoms with Crippen LogP contribution in [0.3, 0.4) is 0 Å². The van der Waals surface area contributed by atoms with E-state index in [1.165, 1.54) is 19.3 Å². The zero-order valence-corrected chi connectivity index (χ0v) is 14.3. The molecule has 0 aromatic rings. The van der Waals surface area contributed by atoms with Crippen LogP contribution < -0.4 is 5.32 Å². The molecule has 2 unspecified atom stereocenters. The average Bonchev–Trinajstić information content (AvgIpc) is 2.53. The Hall–Kier alpha value is -1.30. The quantitative estimate of drug-likeness (QED) is 0.813. The molecule has 0 aromatic heterocycles. The number of nitrogens with one attached hydrogen (secondary N) is 1. The Morgan fingerprint density at radius 1 is 1.26 bits per heavy atom. The molecule has 0 aromatic carbocycles. The van der Waals surface area contributed by atoms with Crippen LogP contribution in [0.2, 0.25) is 0 Å². The van der Waals surface area contributed by atoms with Crippen LogP contribution in [-0.2, 0) is 9.53 Å². The molecule has 2 fully saturated rings. The summed E-state index contributed by atoms with van der Waals surface area (Å²) < 4.78 is 5.39. The number of nitrogens with zero attached hydrogens (tertiary/aromatic N) is 1. The minimum absolute atomic E-state index is 0.0380. The molecular formula is C17H30N2O4. The second-order valence-corrected chi connectivity index (χ2v) is 7.43. The minimum Gasteiger partial charge on any atom is -0.481 e. The molecule has 2 amide bonds. The lowest BCUT2D eigenvalue weighted by molar-refractivity contribution is -0.143. The number of aliphatic carboxylic acids is 1. The van der Waals surface area contributed by atoms with Crippen molar-refractivity contribution in [1.82, 2.24) is 10.2 Å². The molecule has 1 saturated heterocycles. The molecule has 6 nitrogen and oxygen atoms in total. The van der Waals surface area contributed by atoms with Crippen LogP contribution in [0.25, 0.3) is 0 Å². The van der Waals surface area contributed by atoms with Crippen molar-refractivity contribution in [3.63, 3.8) is 0 Å². The van der Waals surface area contributed by atoms with Gasteiger partial charge in [-0.1, -0.05) is 26.2 Å². The molecule has 1 aliphatic heterocycles. The van der Waals surface area contributed by atoms with Gasteiger partial charge in [0.15, 0.2) is 0 Å². The number of likely N-dealkylation sites (tertiary alicyclic amines) is 1. The Labute approximate surface area is 138 Å². The number of rotatable bonds is 5. The molecule has 2 N–H and O–H groups in total. The van der Waals surface area contributed by atoms with Gasteiger partial charge in [-0.3, -0.25) is 4.79 Å². The predicted molar refractivity (Wildman–Crippen MR) is 87.3 cm³/mol. The summed E-state index contributed by atoms with van der Waals surface area (Å²) in [6.07, 6.45) is 6.42. The van der Waals surface area contributed by atoms with Crippen molar-refractivity contribution in [3.05, 3.63) is 0 Å². The van der Waals surface area contributed by atoms with Gasteiger partial charge in [-0.25, -0.2) is 4.79 Å². The third-order valence-corrected chi connectivity index (χ3v) is 5.28. The molecule has 132 valence electrons. The van der Waals surface area contributed by atoms with Gasteiger partial charge in [0.25, 0.3) is 0 Å². The van der Waals surface area contributed by atoms with Gasteiger partial charge in [0.05, 0.1) is 12.5 Å². The summed E-state index contributed by atoms with van der Waals surface area (Å²) in [6.45, 7) is 4.22. The predicted octanol–water partition coefficient (Wildman–Crippen LogP) is 2.34. The topological polar surface area (TPSA) is 78.9 Å². The van der Waals surface area contributed by atoms with Gasteiger partial charge < -0.3 is 20.1 Å². The number of urea groups is 1. The molecule has 2 atom stereocenters. The summed E-state index contributed by atoms with van der Waals surface area (Å²) in [5.74, 6) is -1.04. The summed E-state index contributed by atoms with van der Waals surface area (Å²) in [5, 5.41) is 12.3. The summed E-state index contributed by atoms with van der Waals surface area (Å²) in [6, 6.07) is -0.135. The van der Waals surface area contributed by atoms with E-state index in [0.29, 0.717) is 32.7 Å². The number of ether oxygens (including phenoxy) is 1. The second kappa shape index (κ2) is 7.99. The third kappa shape index (κ3) is 4.83. The van der Waals surface area contributed by atoms with Gasteiger partial charge in [-0.05, 0) is 25.2 Å². The molecule has 1 aliphatic carbocycles. The molecule has 6 heteroatoms. The lowest BCUT2D eigenvalue weighted by Crippen LogP contribution is -2.52. The van der Waals surface area contributed by atoms with E-state index >= 15 is 0 Å².